The summed E-state index contributed by atoms with van der Waals surface area (Å²) in [6.07, 6.45) is 12.4. The third-order valence-corrected chi connectivity index (χ3v) is 10.1. The number of aromatic nitrogens is 1. The van der Waals surface area contributed by atoms with E-state index in [-0.39, 0.29) is 28.1 Å². The van der Waals surface area contributed by atoms with Gasteiger partial charge in [-0.25, -0.2) is 5.43 Å². The van der Waals surface area contributed by atoms with E-state index in [1.807, 2.05) is 6.92 Å². The first-order valence-corrected chi connectivity index (χ1v) is 12.1. The van der Waals surface area contributed by atoms with Crippen molar-refractivity contribution in [2.24, 2.45) is 38.6 Å². The molecule has 1 aromatic rings. The van der Waals surface area contributed by atoms with Gasteiger partial charge in [-0.3, -0.25) is 14.6 Å². The Labute approximate surface area is 190 Å². The number of aliphatic carboxylic acids is 1. The molecule has 4 aliphatic rings. The van der Waals surface area contributed by atoms with Crippen LogP contribution in [0.2, 0.25) is 0 Å². The first-order valence-electron chi connectivity index (χ1n) is 12.1. The number of carboxylic acids is 1. The Bertz CT molecular complexity index is 978. The van der Waals surface area contributed by atoms with E-state index in [1.54, 1.807) is 24.5 Å². The summed E-state index contributed by atoms with van der Waals surface area (Å²) in [7, 11) is 0. The van der Waals surface area contributed by atoms with E-state index in [9.17, 15) is 14.7 Å². The zero-order valence-electron chi connectivity index (χ0n) is 19.5. The zero-order chi connectivity index (χ0) is 22.8. The number of carbonyl (C=O) groups excluding carboxylic acids is 1. The summed E-state index contributed by atoms with van der Waals surface area (Å²) < 4.78 is 0. The van der Waals surface area contributed by atoms with Gasteiger partial charge in [0.15, 0.2) is 0 Å². The van der Waals surface area contributed by atoms with Crippen LogP contribution in [0.4, 0.5) is 0 Å². The van der Waals surface area contributed by atoms with Crippen LogP contribution < -0.4 is 5.43 Å². The summed E-state index contributed by atoms with van der Waals surface area (Å²) in [5.41, 5.74) is 4.10. The first kappa shape index (κ1) is 21.6. The van der Waals surface area contributed by atoms with E-state index in [1.165, 1.54) is 0 Å². The second kappa shape index (κ2) is 7.13. The molecular weight excluding hydrogens is 402 g/mol. The number of hydrogen-bond donors (Lipinski definition) is 2. The molecule has 1 amide bonds. The molecule has 5 rings (SSSR count). The van der Waals surface area contributed by atoms with Gasteiger partial charge in [0.05, 0.1) is 11.0 Å². The Morgan fingerprint density at radius 1 is 1.12 bits per heavy atom. The number of hydrogen-bond acceptors (Lipinski definition) is 4. The number of nitrogens with zero attached hydrogens (tertiary/aromatic N) is 2. The van der Waals surface area contributed by atoms with Crippen molar-refractivity contribution < 1.29 is 14.7 Å². The second-order valence-electron chi connectivity index (χ2n) is 11.8. The highest BCUT2D eigenvalue weighted by atomic mass is 16.4. The lowest BCUT2D eigenvalue weighted by molar-refractivity contribution is -0.182. The predicted octanol–water partition coefficient (Wildman–Crippen LogP) is 5.06. The average molecular weight is 438 g/mol. The summed E-state index contributed by atoms with van der Waals surface area (Å²) in [6.45, 7) is 6.70. The average Bonchev–Trinajstić information content (AvgIpc) is 2.96. The minimum atomic E-state index is -0.614. The maximum atomic E-state index is 12.5. The number of carbonyl (C=O) groups is 2. The quantitative estimate of drug-likeness (QED) is 0.647. The van der Waals surface area contributed by atoms with Crippen LogP contribution >= 0.6 is 0 Å². The molecule has 1 heterocycles. The maximum Gasteiger partial charge on any atom is 0.309 e. The van der Waals surface area contributed by atoms with Crippen LogP contribution in [0.15, 0.2) is 29.6 Å². The van der Waals surface area contributed by atoms with Crippen molar-refractivity contribution in [3.05, 3.63) is 30.1 Å². The number of rotatable bonds is 3. The normalized spacial score (nSPS) is 43.9. The molecule has 0 radical (unpaired) electrons. The predicted molar refractivity (Wildman–Crippen MR) is 122 cm³/mol. The summed E-state index contributed by atoms with van der Waals surface area (Å²) in [6, 6.07) is 3.50. The topological polar surface area (TPSA) is 91.6 Å². The van der Waals surface area contributed by atoms with Gasteiger partial charge in [-0.1, -0.05) is 20.3 Å². The third-order valence-electron chi connectivity index (χ3n) is 10.1. The van der Waals surface area contributed by atoms with Crippen LogP contribution in [0, 0.1) is 33.5 Å². The zero-order valence-corrected chi connectivity index (χ0v) is 19.5. The van der Waals surface area contributed by atoms with Crippen molar-refractivity contribution in [1.29, 1.82) is 0 Å². The highest BCUT2D eigenvalue weighted by molar-refractivity contribution is 5.97. The molecule has 0 aromatic carbocycles. The Kier molecular flexibility index (Phi) is 4.81. The van der Waals surface area contributed by atoms with E-state index in [4.69, 9.17) is 0 Å². The fraction of sp³-hybridized carbons (Fsp3) is 0.692. The van der Waals surface area contributed by atoms with Gasteiger partial charge in [0, 0.05) is 23.5 Å². The number of fused-ring (bicyclic) bond motifs is 3. The van der Waals surface area contributed by atoms with Gasteiger partial charge in [-0.2, -0.15) is 5.10 Å². The third kappa shape index (κ3) is 2.97. The molecule has 1 aromatic heterocycles. The molecule has 6 nitrogen and oxygen atoms in total. The van der Waals surface area contributed by atoms with Crippen molar-refractivity contribution in [2.75, 3.05) is 0 Å². The lowest BCUT2D eigenvalue weighted by Crippen LogP contribution is -2.58. The molecule has 2 bridgehead atoms. The Hall–Kier alpha value is -2.24. The summed E-state index contributed by atoms with van der Waals surface area (Å²) in [4.78, 5) is 28.9. The molecule has 4 aliphatic carbocycles. The van der Waals surface area contributed by atoms with Gasteiger partial charge in [-0.05, 0) is 93.1 Å². The molecule has 0 aliphatic heterocycles. The standard InChI is InChI=1S/C26H35N3O3/c1-23-11-7-19-24(2)9-5-10-25(3,22(31)32)18(24)8-12-26(19,16-23)14-20(23)28-29-21(30)17-6-4-13-27-15-17/h4,6,13,15,18-19H,5,7-12,14,16H2,1-3H3,(H,29,30)(H,31,32)/b28-20+/t18-,19-,23-,24+,25+,26-/m0/s1. The van der Waals surface area contributed by atoms with Gasteiger partial charge < -0.3 is 5.11 Å². The van der Waals surface area contributed by atoms with Crippen LogP contribution in [-0.2, 0) is 4.79 Å². The van der Waals surface area contributed by atoms with Crippen molar-refractivity contribution in [1.82, 2.24) is 10.4 Å². The number of hydrazone groups is 1. The lowest BCUT2D eigenvalue weighted by Gasteiger charge is -2.63. The van der Waals surface area contributed by atoms with Crippen LogP contribution in [0.25, 0.3) is 0 Å². The Morgan fingerprint density at radius 3 is 2.62 bits per heavy atom. The fourth-order valence-corrected chi connectivity index (χ4v) is 8.64. The highest BCUT2D eigenvalue weighted by Crippen LogP contribution is 2.73. The molecule has 4 saturated carbocycles. The second-order valence-corrected chi connectivity index (χ2v) is 11.8. The molecule has 172 valence electrons. The first-order chi connectivity index (χ1) is 15.1. The molecular formula is C26H35N3O3. The largest absolute Gasteiger partial charge is 0.481 e. The van der Waals surface area contributed by atoms with E-state index in [0.29, 0.717) is 11.5 Å². The minimum absolute atomic E-state index is 0.0205. The summed E-state index contributed by atoms with van der Waals surface area (Å²) in [5, 5.41) is 14.8. The Morgan fingerprint density at radius 2 is 1.91 bits per heavy atom. The number of carboxylic acid groups (broad SMARTS) is 1. The van der Waals surface area contributed by atoms with Gasteiger partial charge >= 0.3 is 5.97 Å². The molecule has 0 saturated heterocycles. The van der Waals surface area contributed by atoms with Crippen molar-refractivity contribution >= 4 is 17.6 Å². The Balaban J connectivity index is 1.42. The molecule has 4 fully saturated rings. The van der Waals surface area contributed by atoms with Gasteiger partial charge in [-0.15, -0.1) is 0 Å². The van der Waals surface area contributed by atoms with Crippen LogP contribution in [0.3, 0.4) is 0 Å². The van der Waals surface area contributed by atoms with Crippen molar-refractivity contribution in [3.8, 4) is 0 Å². The molecule has 1 spiro atoms. The van der Waals surface area contributed by atoms with Crippen LogP contribution in [-0.4, -0.2) is 27.7 Å². The summed E-state index contributed by atoms with van der Waals surface area (Å²) >= 11 is 0. The van der Waals surface area contributed by atoms with Crippen LogP contribution in [0.5, 0.6) is 0 Å². The van der Waals surface area contributed by atoms with E-state index in [0.717, 1.165) is 63.5 Å². The fourth-order valence-electron chi connectivity index (χ4n) is 8.64. The van der Waals surface area contributed by atoms with E-state index < -0.39 is 11.4 Å². The number of amides is 1. The van der Waals surface area contributed by atoms with E-state index in [2.05, 4.69) is 29.4 Å². The lowest BCUT2D eigenvalue weighted by atomic mass is 9.40. The SMILES string of the molecule is C[C@@]12CC[C@@H]3[C@@](CC[C@H]4[C@@]3(C)CCC[C@@]4(C)C(=O)O)(C/C1=N\NC(=O)c1cccnc1)C2. The monoisotopic (exact) mass is 437 g/mol. The number of pyridine rings is 1. The molecule has 0 unspecified atom stereocenters. The van der Waals surface area contributed by atoms with Gasteiger partial charge in [0.2, 0.25) is 0 Å². The van der Waals surface area contributed by atoms with Crippen molar-refractivity contribution in [3.63, 3.8) is 0 Å². The molecule has 32 heavy (non-hydrogen) atoms. The maximum absolute atomic E-state index is 12.5. The van der Waals surface area contributed by atoms with E-state index >= 15 is 0 Å². The highest BCUT2D eigenvalue weighted by Gasteiger charge is 2.67. The molecule has 6 heteroatoms. The smallest absolute Gasteiger partial charge is 0.309 e. The number of nitrogens with one attached hydrogen (secondary N) is 1. The minimum Gasteiger partial charge on any atom is -0.481 e. The summed E-state index contributed by atoms with van der Waals surface area (Å²) in [5.74, 6) is -0.0586. The molecule has 2 N–H and O–H groups in total. The van der Waals surface area contributed by atoms with Gasteiger partial charge in [0.25, 0.3) is 5.91 Å². The van der Waals surface area contributed by atoms with Crippen LogP contribution in [0.1, 0.15) is 88.9 Å². The van der Waals surface area contributed by atoms with Gasteiger partial charge in [0.1, 0.15) is 0 Å². The molecule has 6 atom stereocenters. The van der Waals surface area contributed by atoms with Crippen molar-refractivity contribution in [2.45, 2.75) is 78.6 Å².